The van der Waals surface area contributed by atoms with Crippen molar-refractivity contribution in [3.8, 4) is 0 Å². The van der Waals surface area contributed by atoms with Gasteiger partial charge < -0.3 is 9.32 Å². The van der Waals surface area contributed by atoms with Crippen molar-refractivity contribution in [1.29, 1.82) is 0 Å². The maximum atomic E-state index is 6.14. The lowest BCUT2D eigenvalue weighted by Gasteiger charge is -2.38. The molecule has 0 unspecified atom stereocenters. The van der Waals surface area contributed by atoms with Crippen LogP contribution in [0.1, 0.15) is 62.2 Å². The van der Waals surface area contributed by atoms with E-state index < -0.39 is 0 Å². The molecule has 1 aliphatic carbocycles. The minimum atomic E-state index is 0.524. The quantitative estimate of drug-likeness (QED) is 0.805. The third kappa shape index (κ3) is 2.14. The summed E-state index contributed by atoms with van der Waals surface area (Å²) in [5, 5.41) is 0. The number of hydrogen-bond acceptors (Lipinski definition) is 2. The first-order chi connectivity index (χ1) is 9.04. The predicted molar refractivity (Wildman–Crippen MR) is 78.7 cm³/mol. The van der Waals surface area contributed by atoms with E-state index in [1.165, 1.54) is 50.3 Å². The molecule has 0 atom stereocenters. The van der Waals surface area contributed by atoms with Crippen molar-refractivity contribution in [1.82, 2.24) is 4.90 Å². The number of hydrogen-bond donors (Lipinski definition) is 0. The molecule has 1 aromatic rings. The first kappa shape index (κ1) is 13.2. The highest BCUT2D eigenvalue weighted by molar-refractivity contribution is 5.41. The van der Waals surface area contributed by atoms with Crippen LogP contribution >= 0.6 is 0 Å². The molecule has 0 bridgehead atoms. The smallest absolute Gasteiger partial charge is 0.110 e. The van der Waals surface area contributed by atoms with Crippen molar-refractivity contribution in [2.45, 2.75) is 58.8 Å². The monoisotopic (exact) mass is 261 g/mol. The lowest BCUT2D eigenvalue weighted by atomic mass is 9.75. The number of furan rings is 1. The standard InChI is InChI=1S/C17H27NO/c1-5-15-13-10-17(6-8-18(4)9-7-17)11-14(13)16(19-15)12(2)3/h12H,5-11H2,1-4H3. The topological polar surface area (TPSA) is 16.4 Å². The molecule has 0 N–H and O–H groups in total. The summed E-state index contributed by atoms with van der Waals surface area (Å²) in [4.78, 5) is 2.47. The molecule has 2 heteroatoms. The second-order valence-electron chi connectivity index (χ2n) is 7.01. The summed E-state index contributed by atoms with van der Waals surface area (Å²) in [6.45, 7) is 9.28. The molecule has 1 saturated heterocycles. The molecule has 1 aromatic heterocycles. The number of fused-ring (bicyclic) bond motifs is 1. The predicted octanol–water partition coefficient (Wildman–Crippen LogP) is 3.78. The normalized spacial score (nSPS) is 22.4. The number of rotatable bonds is 2. The minimum absolute atomic E-state index is 0.524. The van der Waals surface area contributed by atoms with Gasteiger partial charge in [0.05, 0.1) is 0 Å². The number of piperidine rings is 1. The Kier molecular flexibility index (Phi) is 3.24. The Morgan fingerprint density at radius 2 is 1.79 bits per heavy atom. The van der Waals surface area contributed by atoms with Crippen molar-refractivity contribution in [2.75, 3.05) is 20.1 Å². The van der Waals surface area contributed by atoms with Crippen LogP contribution in [0.4, 0.5) is 0 Å². The van der Waals surface area contributed by atoms with Gasteiger partial charge in [-0.25, -0.2) is 0 Å². The van der Waals surface area contributed by atoms with Gasteiger partial charge >= 0.3 is 0 Å². The lowest BCUT2D eigenvalue weighted by molar-refractivity contribution is 0.129. The largest absolute Gasteiger partial charge is 0.465 e. The van der Waals surface area contributed by atoms with E-state index in [4.69, 9.17) is 4.42 Å². The Morgan fingerprint density at radius 3 is 2.37 bits per heavy atom. The van der Waals surface area contributed by atoms with Crippen LogP contribution in [-0.4, -0.2) is 25.0 Å². The Balaban J connectivity index is 1.91. The van der Waals surface area contributed by atoms with E-state index in [0.717, 1.165) is 6.42 Å². The molecule has 2 heterocycles. The van der Waals surface area contributed by atoms with Gasteiger partial charge in [-0.15, -0.1) is 0 Å². The van der Waals surface area contributed by atoms with Crippen molar-refractivity contribution in [3.05, 3.63) is 22.6 Å². The van der Waals surface area contributed by atoms with Gasteiger partial charge in [-0.2, -0.15) is 0 Å². The maximum Gasteiger partial charge on any atom is 0.110 e. The Labute approximate surface area is 117 Å². The zero-order chi connectivity index (χ0) is 13.6. The molecule has 1 fully saturated rings. The van der Waals surface area contributed by atoms with Crippen LogP contribution < -0.4 is 0 Å². The molecule has 0 radical (unpaired) electrons. The fraction of sp³-hybridized carbons (Fsp3) is 0.765. The van der Waals surface area contributed by atoms with Gasteiger partial charge in [-0.1, -0.05) is 20.8 Å². The number of nitrogens with zero attached hydrogens (tertiary/aromatic N) is 1. The fourth-order valence-corrected chi connectivity index (χ4v) is 3.98. The summed E-state index contributed by atoms with van der Waals surface area (Å²) in [5.41, 5.74) is 3.72. The Bertz CT molecular complexity index is 464. The van der Waals surface area contributed by atoms with E-state index in [9.17, 15) is 0 Å². The molecule has 106 valence electrons. The Hall–Kier alpha value is -0.760. The molecule has 0 amide bonds. The van der Waals surface area contributed by atoms with Crippen molar-refractivity contribution >= 4 is 0 Å². The van der Waals surface area contributed by atoms with Crippen LogP contribution in [0.15, 0.2) is 4.42 Å². The second kappa shape index (κ2) is 4.66. The summed E-state index contributed by atoms with van der Waals surface area (Å²) < 4.78 is 6.14. The van der Waals surface area contributed by atoms with Crippen molar-refractivity contribution in [2.24, 2.45) is 5.41 Å². The van der Waals surface area contributed by atoms with E-state index in [2.05, 4.69) is 32.7 Å². The minimum Gasteiger partial charge on any atom is -0.465 e. The average molecular weight is 261 g/mol. The molecule has 1 spiro atoms. The summed E-state index contributed by atoms with van der Waals surface area (Å²) in [7, 11) is 2.25. The first-order valence-electron chi connectivity index (χ1n) is 7.86. The highest BCUT2D eigenvalue weighted by atomic mass is 16.3. The third-order valence-electron chi connectivity index (χ3n) is 5.23. The zero-order valence-electron chi connectivity index (χ0n) is 12.9. The molecular formula is C17H27NO. The van der Waals surface area contributed by atoms with E-state index >= 15 is 0 Å². The van der Waals surface area contributed by atoms with E-state index in [1.807, 2.05) is 0 Å². The summed E-state index contributed by atoms with van der Waals surface area (Å²) in [6, 6.07) is 0. The van der Waals surface area contributed by atoms with E-state index in [1.54, 1.807) is 11.1 Å². The van der Waals surface area contributed by atoms with Gasteiger partial charge in [0.15, 0.2) is 0 Å². The summed E-state index contributed by atoms with van der Waals surface area (Å²) in [5.74, 6) is 3.08. The van der Waals surface area contributed by atoms with Crippen LogP contribution in [0.25, 0.3) is 0 Å². The lowest BCUT2D eigenvalue weighted by Crippen LogP contribution is -2.38. The van der Waals surface area contributed by atoms with Crippen molar-refractivity contribution in [3.63, 3.8) is 0 Å². The highest BCUT2D eigenvalue weighted by Gasteiger charge is 2.43. The van der Waals surface area contributed by atoms with E-state index in [-0.39, 0.29) is 0 Å². The van der Waals surface area contributed by atoms with Gasteiger partial charge in [0, 0.05) is 12.3 Å². The molecule has 2 nitrogen and oxygen atoms in total. The van der Waals surface area contributed by atoms with Crippen LogP contribution in [0.3, 0.4) is 0 Å². The van der Waals surface area contributed by atoms with Gasteiger partial charge in [-0.05, 0) is 62.4 Å². The molecule has 19 heavy (non-hydrogen) atoms. The number of likely N-dealkylation sites (tertiary alicyclic amines) is 1. The average Bonchev–Trinajstić information content (AvgIpc) is 2.88. The SMILES string of the molecule is CCc1oc(C(C)C)c2c1CC1(CCN(C)CC1)C2. The maximum absolute atomic E-state index is 6.14. The third-order valence-corrected chi connectivity index (χ3v) is 5.23. The molecular weight excluding hydrogens is 234 g/mol. The highest BCUT2D eigenvalue weighted by Crippen LogP contribution is 2.48. The molecule has 0 aromatic carbocycles. The molecule has 2 aliphatic rings. The fourth-order valence-electron chi connectivity index (χ4n) is 3.98. The first-order valence-corrected chi connectivity index (χ1v) is 7.86. The van der Waals surface area contributed by atoms with Crippen LogP contribution in [0.2, 0.25) is 0 Å². The van der Waals surface area contributed by atoms with Crippen LogP contribution in [0, 0.1) is 5.41 Å². The van der Waals surface area contributed by atoms with Crippen LogP contribution in [0.5, 0.6) is 0 Å². The molecule has 0 saturated carbocycles. The van der Waals surface area contributed by atoms with Crippen molar-refractivity contribution < 1.29 is 4.42 Å². The van der Waals surface area contributed by atoms with Gasteiger partial charge in [0.2, 0.25) is 0 Å². The van der Waals surface area contributed by atoms with Crippen LogP contribution in [-0.2, 0) is 19.3 Å². The number of aryl methyl sites for hydroxylation is 1. The molecule has 3 rings (SSSR count). The summed E-state index contributed by atoms with van der Waals surface area (Å²) >= 11 is 0. The molecule has 1 aliphatic heterocycles. The van der Waals surface area contributed by atoms with Gasteiger partial charge in [0.1, 0.15) is 11.5 Å². The summed E-state index contributed by atoms with van der Waals surface area (Å²) in [6.07, 6.45) is 6.31. The zero-order valence-corrected chi connectivity index (χ0v) is 12.9. The Morgan fingerprint density at radius 1 is 1.16 bits per heavy atom. The van der Waals surface area contributed by atoms with E-state index in [0.29, 0.717) is 11.3 Å². The second-order valence-corrected chi connectivity index (χ2v) is 7.01. The van der Waals surface area contributed by atoms with Gasteiger partial charge in [0.25, 0.3) is 0 Å². The van der Waals surface area contributed by atoms with Gasteiger partial charge in [-0.3, -0.25) is 0 Å².